The van der Waals surface area contributed by atoms with E-state index in [1.54, 1.807) is 60.2 Å². The van der Waals surface area contributed by atoms with Gasteiger partial charge in [-0.25, -0.2) is 9.59 Å². The van der Waals surface area contributed by atoms with Crippen molar-refractivity contribution in [2.75, 3.05) is 53.3 Å². The molecule has 1 aliphatic heterocycles. The number of nitrogens with one attached hydrogen (secondary N) is 6. The van der Waals surface area contributed by atoms with E-state index in [1.165, 1.54) is 24.9 Å². The van der Waals surface area contributed by atoms with Crippen LogP contribution in [-0.2, 0) is 73.6 Å². The smallest absolute Gasteiger partial charge is 0.326 e. The summed E-state index contributed by atoms with van der Waals surface area (Å²) in [6, 6.07) is 11.2. The van der Waals surface area contributed by atoms with E-state index < -0.39 is 90.1 Å². The van der Waals surface area contributed by atoms with Gasteiger partial charge in [0.1, 0.15) is 24.2 Å². The number of carboxylic acids is 1. The van der Waals surface area contributed by atoms with Crippen molar-refractivity contribution in [1.29, 1.82) is 0 Å². The first kappa shape index (κ1) is 80.7. The van der Waals surface area contributed by atoms with Crippen LogP contribution in [0.1, 0.15) is 157 Å². The summed E-state index contributed by atoms with van der Waals surface area (Å²) < 4.78 is 13.5. The second-order valence-electron chi connectivity index (χ2n) is 26.9. The van der Waals surface area contributed by atoms with Crippen LogP contribution in [0.15, 0.2) is 60.7 Å². The highest BCUT2D eigenvalue weighted by Gasteiger charge is 2.44. The number of carboxylic acid groups (broad SMARTS) is 1. The first-order valence-corrected chi connectivity index (χ1v) is 34.3. The van der Waals surface area contributed by atoms with E-state index in [2.05, 4.69) is 31.9 Å². The number of primary amides is 1. The molecule has 25 heteroatoms. The largest absolute Gasteiger partial charge is 0.494 e. The molecule has 11 atom stereocenters. The Labute approximate surface area is 568 Å². The van der Waals surface area contributed by atoms with Crippen LogP contribution in [-0.4, -0.2) is 190 Å². The molecule has 2 aromatic carbocycles. The molecule has 11 unspecified atom stereocenters. The third-order valence-corrected chi connectivity index (χ3v) is 18.5. The van der Waals surface area contributed by atoms with E-state index in [9.17, 15) is 58.5 Å². The van der Waals surface area contributed by atoms with Gasteiger partial charge in [-0.2, -0.15) is 0 Å². The number of nitrogens with zero attached hydrogens (tertiary/aromatic N) is 4. The van der Waals surface area contributed by atoms with Crippen molar-refractivity contribution in [3.05, 3.63) is 77.4 Å². The van der Waals surface area contributed by atoms with Crippen LogP contribution in [0, 0.1) is 29.6 Å². The van der Waals surface area contributed by atoms with Gasteiger partial charge in [-0.05, 0) is 112 Å². The number of unbranched alkanes of at least 4 members (excludes halogenated alkanes) is 2. The number of benzene rings is 2. The number of amides is 9. The van der Waals surface area contributed by atoms with Crippen molar-refractivity contribution >= 4 is 59.0 Å². The van der Waals surface area contributed by atoms with Crippen LogP contribution in [0.5, 0.6) is 11.8 Å². The van der Waals surface area contributed by atoms with Gasteiger partial charge in [0.2, 0.25) is 41.4 Å². The summed E-state index contributed by atoms with van der Waals surface area (Å²) in [6.45, 7) is 20.4. The average molecular weight is 1340 g/mol. The molecular formula is C71H113N11O14. The topological polar surface area (TPSA) is 346 Å². The number of likely N-dealkylation sites (tertiary alicyclic amines) is 1. The number of aryl methyl sites for hydroxylation is 1. The van der Waals surface area contributed by atoms with Gasteiger partial charge in [0, 0.05) is 77.6 Å². The van der Waals surface area contributed by atoms with Gasteiger partial charge in [-0.1, -0.05) is 125 Å². The Kier molecular flexibility index (Phi) is 33.7. The molecule has 1 aliphatic rings. The summed E-state index contributed by atoms with van der Waals surface area (Å²) in [5.74, 6) is -5.41. The number of aromatic hydroxyl groups is 2. The number of likely N-dealkylation sites (N-methyl/N-ethyl adjacent to an activating group) is 2. The second kappa shape index (κ2) is 40.1. The first-order valence-electron chi connectivity index (χ1n) is 34.3. The minimum Gasteiger partial charge on any atom is -0.494 e. The summed E-state index contributed by atoms with van der Waals surface area (Å²) in [6.07, 6.45) is 4.06. The molecule has 0 bridgehead atoms. The number of rotatable bonds is 42. The monoisotopic (exact) mass is 1340 g/mol. The highest BCUT2D eigenvalue weighted by molar-refractivity contribution is 5.98. The van der Waals surface area contributed by atoms with E-state index in [0.717, 1.165) is 11.1 Å². The predicted molar refractivity (Wildman–Crippen MR) is 368 cm³/mol. The third-order valence-electron chi connectivity index (χ3n) is 18.5. The van der Waals surface area contributed by atoms with Crippen LogP contribution < -0.4 is 37.6 Å². The highest BCUT2D eigenvalue weighted by atomic mass is 16.5. The Morgan fingerprint density at radius 1 is 0.740 bits per heavy atom. The Bertz CT molecular complexity index is 2980. The molecule has 4 rings (SSSR count). The van der Waals surface area contributed by atoms with Crippen molar-refractivity contribution in [2.45, 2.75) is 220 Å². The zero-order valence-electron chi connectivity index (χ0n) is 59.3. The van der Waals surface area contributed by atoms with Crippen LogP contribution >= 0.6 is 0 Å². The Morgan fingerprint density at radius 3 is 1.98 bits per heavy atom. The van der Waals surface area contributed by atoms with E-state index >= 15 is 0 Å². The summed E-state index contributed by atoms with van der Waals surface area (Å²) in [4.78, 5) is 128. The zero-order valence-corrected chi connectivity index (χ0v) is 59.3. The molecule has 2 heterocycles. The number of hydrogen-bond donors (Lipinski definition) is 10. The number of carbonyl (C=O) groups is 9. The lowest BCUT2D eigenvalue weighted by atomic mass is 9.89. The van der Waals surface area contributed by atoms with Crippen molar-refractivity contribution in [3.63, 3.8) is 0 Å². The van der Waals surface area contributed by atoms with E-state index in [-0.39, 0.29) is 91.3 Å². The summed E-state index contributed by atoms with van der Waals surface area (Å²) in [5, 5.41) is 47.6. The summed E-state index contributed by atoms with van der Waals surface area (Å²) in [7, 11) is 6.53. The molecule has 11 N–H and O–H groups in total. The number of aromatic nitrogens is 1. The van der Waals surface area contributed by atoms with Gasteiger partial charge in [-0.15, -0.1) is 0 Å². The van der Waals surface area contributed by atoms with E-state index in [4.69, 9.17) is 15.2 Å². The van der Waals surface area contributed by atoms with Crippen LogP contribution in [0.3, 0.4) is 0 Å². The summed E-state index contributed by atoms with van der Waals surface area (Å²) in [5.41, 5.74) is 8.06. The fourth-order valence-electron chi connectivity index (χ4n) is 12.9. The summed E-state index contributed by atoms with van der Waals surface area (Å²) >= 11 is 0. The lowest BCUT2D eigenvalue weighted by Gasteiger charge is -2.41. The number of anilines is 1. The highest BCUT2D eigenvalue weighted by Crippen LogP contribution is 2.31. The number of nitrogens with two attached hydrogens (primary N) is 1. The van der Waals surface area contributed by atoms with Gasteiger partial charge in [-0.3, -0.25) is 43.0 Å². The lowest BCUT2D eigenvalue weighted by molar-refractivity contribution is -0.148. The van der Waals surface area contributed by atoms with E-state index in [0.29, 0.717) is 95.1 Å². The number of hydrogen-bond acceptors (Lipinski definition) is 14. The molecule has 3 aromatic rings. The van der Waals surface area contributed by atoms with Gasteiger partial charge >= 0.3 is 12.0 Å². The van der Waals surface area contributed by atoms with E-state index in [1.807, 2.05) is 92.5 Å². The van der Waals surface area contributed by atoms with Gasteiger partial charge in [0.05, 0.1) is 42.7 Å². The van der Waals surface area contributed by atoms with Crippen molar-refractivity contribution < 1.29 is 67.9 Å². The molecule has 0 radical (unpaired) electrons. The molecule has 0 saturated carbocycles. The Hall–Kier alpha value is -7.77. The normalized spacial score (nSPS) is 16.4. The number of methoxy groups -OCH3 is 2. The second-order valence-corrected chi connectivity index (χ2v) is 26.9. The standard InChI is InChI=1S/C71H113N11O14/c1-15-46(9)62(56(95-13)42-59(85)81-37-24-28-55(81)63(96-14)47(10)64(86)77-54(70(92)93)40-49-25-19-17-20-26-49)80(12)69(91)60(44(5)6)78-67(89)61(45(7)8)79(11)38-34-48-30-32-51(33-31-48)74-65(87)52(27-23-35-73-71(72)94)76-66(88)53(39-43(3)4)75-57(83)29-21-18-22-36-82-58(84)41-50(16-2)68(82)90/h17,19-20,25-26,30-33,41,43-47,52-56,60-63,84,90H,15-16,18,21-24,27-29,34-40,42H2,1-14H3,(H,74,87)(H,75,83)(H,76,88)(H,77,86)(H,78,89)(H,92,93)(H3,72,73,94). The number of carbonyl (C=O) groups excluding carboxylic acids is 8. The number of ether oxygens (including phenoxy) is 2. The maximum atomic E-state index is 14.9. The number of aliphatic carboxylic acids is 1. The lowest BCUT2D eigenvalue weighted by Crippen LogP contribution is -2.60. The van der Waals surface area contributed by atoms with Gasteiger partial charge in [0.15, 0.2) is 11.8 Å². The van der Waals surface area contributed by atoms with Gasteiger partial charge in [0.25, 0.3) is 0 Å². The Balaban J connectivity index is 1.39. The van der Waals surface area contributed by atoms with Crippen LogP contribution in [0.4, 0.5) is 10.5 Å². The zero-order chi connectivity index (χ0) is 71.5. The maximum absolute atomic E-state index is 14.9. The average Bonchev–Trinajstić information content (AvgIpc) is 1.17. The molecule has 25 nitrogen and oxygen atoms in total. The molecule has 1 saturated heterocycles. The minimum atomic E-state index is -1.18. The number of urea groups is 1. The predicted octanol–water partition coefficient (Wildman–Crippen LogP) is 6.50. The Morgan fingerprint density at radius 2 is 1.41 bits per heavy atom. The third kappa shape index (κ3) is 24.4. The van der Waals surface area contributed by atoms with Crippen molar-refractivity contribution in [3.8, 4) is 11.8 Å². The van der Waals surface area contributed by atoms with Crippen molar-refractivity contribution in [1.82, 2.24) is 45.9 Å². The van der Waals surface area contributed by atoms with Gasteiger partial charge < -0.3 is 72.2 Å². The first-order chi connectivity index (χ1) is 45.5. The van der Waals surface area contributed by atoms with Crippen molar-refractivity contribution in [2.24, 2.45) is 35.3 Å². The molecule has 1 fully saturated rings. The molecular weight excluding hydrogens is 1230 g/mol. The SMILES string of the molecule is CCc1cc(O)n(CCCCCC(=O)NC(CC(C)C)C(=O)NC(CCCNC(N)=O)C(=O)Nc2ccc(CCN(C)C(C(=O)NC(C(=O)N(C)C(C(C)CC)C(CC(=O)N3CCCC3C(OC)C(C)C(=O)NC(Cc3ccccc3)C(=O)O)OC)C(C)C)C(C)C)cc2)c1O. The minimum absolute atomic E-state index is 0.0110. The molecule has 96 heavy (non-hydrogen) atoms. The fraction of sp³-hybridized carbons (Fsp3) is 0.648. The molecule has 1 aromatic heterocycles. The molecule has 0 spiro atoms. The molecule has 0 aliphatic carbocycles. The quantitative estimate of drug-likeness (QED) is 0.0271. The van der Waals surface area contributed by atoms with Crippen LogP contribution in [0.25, 0.3) is 0 Å². The maximum Gasteiger partial charge on any atom is 0.326 e. The molecule has 536 valence electrons. The van der Waals surface area contributed by atoms with Crippen LogP contribution in [0.2, 0.25) is 0 Å². The fourth-order valence-corrected chi connectivity index (χ4v) is 12.9. The molecule has 9 amide bonds.